The number of H-pyrrole nitrogens is 1. The molecule has 1 aromatic carbocycles. The molecule has 0 saturated carbocycles. The lowest BCUT2D eigenvalue weighted by atomic mass is 9.91. The number of aromatic amines is 1. The third-order valence-electron chi connectivity index (χ3n) is 5.27. The summed E-state index contributed by atoms with van der Waals surface area (Å²) in [6, 6.07) is 6.51. The van der Waals surface area contributed by atoms with E-state index in [2.05, 4.69) is 40.5 Å². The van der Waals surface area contributed by atoms with Crippen LogP contribution in [-0.2, 0) is 32.6 Å². The van der Waals surface area contributed by atoms with E-state index in [1.807, 2.05) is 0 Å². The number of nitrogens with one attached hydrogen (secondary N) is 2. The third-order valence-corrected chi connectivity index (χ3v) is 5.27. The standard InChI is InChI=1S/C19H21F3N4/c1-11-3-5-16-13(7-11)14-8-12(4-6-17(14)25-16)23-10-18-15(19(20,21)22)9-24-26(18)2/h3,5,7,9,12,23,25H,4,6,8,10H2,1-2H3. The summed E-state index contributed by atoms with van der Waals surface area (Å²) >= 11 is 0. The SMILES string of the molecule is Cc1ccc2[nH]c3c(c2c1)CC(NCc1c(C(F)(F)F)cnn1C)CC3. The number of aromatic nitrogens is 3. The molecule has 0 fully saturated rings. The maximum Gasteiger partial charge on any atom is 0.419 e. The van der Waals surface area contributed by atoms with Crippen molar-refractivity contribution in [3.05, 3.63) is 52.5 Å². The zero-order valence-corrected chi connectivity index (χ0v) is 14.7. The molecular weight excluding hydrogens is 341 g/mol. The van der Waals surface area contributed by atoms with Crippen molar-refractivity contribution in [2.24, 2.45) is 7.05 Å². The summed E-state index contributed by atoms with van der Waals surface area (Å²) in [7, 11) is 1.55. The van der Waals surface area contributed by atoms with Crippen LogP contribution in [0.15, 0.2) is 24.4 Å². The summed E-state index contributed by atoms with van der Waals surface area (Å²) in [4.78, 5) is 3.48. The van der Waals surface area contributed by atoms with Crippen molar-refractivity contribution in [1.29, 1.82) is 0 Å². The Morgan fingerprint density at radius 3 is 2.92 bits per heavy atom. The highest BCUT2D eigenvalue weighted by Crippen LogP contribution is 2.32. The van der Waals surface area contributed by atoms with Crippen molar-refractivity contribution in [1.82, 2.24) is 20.1 Å². The Bertz CT molecular complexity index is 952. The number of halogens is 3. The topological polar surface area (TPSA) is 45.6 Å². The second-order valence-corrected chi connectivity index (χ2v) is 7.08. The molecule has 1 aliphatic rings. The van der Waals surface area contributed by atoms with Crippen LogP contribution in [-0.4, -0.2) is 20.8 Å². The molecule has 4 nitrogen and oxygen atoms in total. The molecule has 7 heteroatoms. The van der Waals surface area contributed by atoms with Crippen LogP contribution in [0.3, 0.4) is 0 Å². The van der Waals surface area contributed by atoms with Gasteiger partial charge in [-0.05, 0) is 43.9 Å². The minimum atomic E-state index is -4.38. The van der Waals surface area contributed by atoms with Crippen LogP contribution in [0.4, 0.5) is 13.2 Å². The lowest BCUT2D eigenvalue weighted by Gasteiger charge is -2.24. The van der Waals surface area contributed by atoms with Gasteiger partial charge in [0.2, 0.25) is 0 Å². The van der Waals surface area contributed by atoms with Gasteiger partial charge in [-0.3, -0.25) is 4.68 Å². The van der Waals surface area contributed by atoms with E-state index < -0.39 is 11.7 Å². The highest BCUT2D eigenvalue weighted by Gasteiger charge is 2.36. The molecule has 3 aromatic rings. The van der Waals surface area contributed by atoms with Crippen LogP contribution in [0.5, 0.6) is 0 Å². The zero-order valence-electron chi connectivity index (χ0n) is 14.7. The van der Waals surface area contributed by atoms with Crippen LogP contribution in [0.25, 0.3) is 10.9 Å². The molecule has 0 amide bonds. The summed E-state index contributed by atoms with van der Waals surface area (Å²) < 4.78 is 40.6. The number of benzene rings is 1. The Morgan fingerprint density at radius 2 is 2.15 bits per heavy atom. The Hall–Kier alpha value is -2.28. The number of hydrogen-bond donors (Lipinski definition) is 2. The fourth-order valence-corrected chi connectivity index (χ4v) is 3.86. The summed E-state index contributed by atoms with van der Waals surface area (Å²) in [5.74, 6) is 0. The van der Waals surface area contributed by atoms with E-state index in [9.17, 15) is 13.2 Å². The average molecular weight is 362 g/mol. The highest BCUT2D eigenvalue weighted by molar-refractivity contribution is 5.85. The number of rotatable bonds is 3. The van der Waals surface area contributed by atoms with E-state index in [1.54, 1.807) is 7.05 Å². The van der Waals surface area contributed by atoms with Gasteiger partial charge in [-0.25, -0.2) is 0 Å². The molecule has 0 bridgehead atoms. The van der Waals surface area contributed by atoms with E-state index in [1.165, 1.54) is 26.9 Å². The van der Waals surface area contributed by atoms with Crippen molar-refractivity contribution in [2.75, 3.05) is 0 Å². The Balaban J connectivity index is 1.53. The molecular formula is C19H21F3N4. The van der Waals surface area contributed by atoms with E-state index in [-0.39, 0.29) is 18.3 Å². The third kappa shape index (κ3) is 3.00. The van der Waals surface area contributed by atoms with Gasteiger partial charge < -0.3 is 10.3 Å². The van der Waals surface area contributed by atoms with Gasteiger partial charge in [0.15, 0.2) is 0 Å². The van der Waals surface area contributed by atoms with E-state index in [4.69, 9.17) is 0 Å². The lowest BCUT2D eigenvalue weighted by Crippen LogP contribution is -2.35. The highest BCUT2D eigenvalue weighted by atomic mass is 19.4. The van der Waals surface area contributed by atoms with Gasteiger partial charge in [-0.15, -0.1) is 0 Å². The summed E-state index contributed by atoms with van der Waals surface area (Å²) in [6.07, 6.45) is -0.855. The van der Waals surface area contributed by atoms with Crippen molar-refractivity contribution in [3.8, 4) is 0 Å². The number of nitrogens with zero attached hydrogens (tertiary/aromatic N) is 2. The van der Waals surface area contributed by atoms with Crippen LogP contribution in [0, 0.1) is 6.92 Å². The summed E-state index contributed by atoms with van der Waals surface area (Å²) in [6.45, 7) is 2.23. The molecule has 0 aliphatic heterocycles. The molecule has 138 valence electrons. The molecule has 26 heavy (non-hydrogen) atoms. The summed E-state index contributed by atoms with van der Waals surface area (Å²) in [5, 5.41) is 8.31. The van der Waals surface area contributed by atoms with E-state index in [0.717, 1.165) is 31.0 Å². The molecule has 2 aromatic heterocycles. The van der Waals surface area contributed by atoms with Gasteiger partial charge in [0.1, 0.15) is 0 Å². The maximum absolute atomic E-state index is 13.1. The zero-order chi connectivity index (χ0) is 18.5. The molecule has 0 spiro atoms. The van der Waals surface area contributed by atoms with Gasteiger partial charge in [-0.1, -0.05) is 11.6 Å². The molecule has 4 rings (SSSR count). The Labute approximate surface area is 149 Å². The fourth-order valence-electron chi connectivity index (χ4n) is 3.86. The predicted molar refractivity (Wildman–Crippen MR) is 93.9 cm³/mol. The first-order valence-electron chi connectivity index (χ1n) is 8.74. The van der Waals surface area contributed by atoms with Crippen LogP contribution in [0.1, 0.15) is 34.5 Å². The van der Waals surface area contributed by atoms with Crippen molar-refractivity contribution in [3.63, 3.8) is 0 Å². The van der Waals surface area contributed by atoms with Crippen molar-refractivity contribution >= 4 is 10.9 Å². The van der Waals surface area contributed by atoms with Crippen LogP contribution < -0.4 is 5.32 Å². The molecule has 1 unspecified atom stereocenters. The molecule has 0 radical (unpaired) electrons. The minimum Gasteiger partial charge on any atom is -0.358 e. The van der Waals surface area contributed by atoms with E-state index >= 15 is 0 Å². The second kappa shape index (κ2) is 6.16. The quantitative estimate of drug-likeness (QED) is 0.743. The molecule has 1 atom stereocenters. The first-order valence-corrected chi connectivity index (χ1v) is 8.74. The summed E-state index contributed by atoms with van der Waals surface area (Å²) in [5.41, 5.74) is 4.39. The molecule has 0 saturated heterocycles. The second-order valence-electron chi connectivity index (χ2n) is 7.08. The maximum atomic E-state index is 13.1. The normalized spacial score (nSPS) is 17.7. The first-order chi connectivity index (χ1) is 12.3. The molecule has 2 N–H and O–H groups in total. The smallest absolute Gasteiger partial charge is 0.358 e. The number of fused-ring (bicyclic) bond motifs is 3. The largest absolute Gasteiger partial charge is 0.419 e. The minimum absolute atomic E-state index is 0.151. The predicted octanol–water partition coefficient (Wildman–Crippen LogP) is 3.88. The molecule has 1 aliphatic carbocycles. The average Bonchev–Trinajstić information content (AvgIpc) is 3.12. The Morgan fingerprint density at radius 1 is 1.35 bits per heavy atom. The van der Waals surface area contributed by atoms with Crippen LogP contribution >= 0.6 is 0 Å². The van der Waals surface area contributed by atoms with Crippen LogP contribution in [0.2, 0.25) is 0 Å². The monoisotopic (exact) mass is 362 g/mol. The van der Waals surface area contributed by atoms with Gasteiger partial charge in [0.25, 0.3) is 0 Å². The van der Waals surface area contributed by atoms with Gasteiger partial charge in [-0.2, -0.15) is 18.3 Å². The number of alkyl halides is 3. The van der Waals surface area contributed by atoms with Gasteiger partial charge >= 0.3 is 6.18 Å². The fraction of sp³-hybridized carbons (Fsp3) is 0.421. The van der Waals surface area contributed by atoms with Crippen molar-refractivity contribution in [2.45, 2.75) is 44.9 Å². The Kier molecular flexibility index (Phi) is 4.06. The lowest BCUT2D eigenvalue weighted by molar-refractivity contribution is -0.138. The number of aryl methyl sites for hydroxylation is 3. The van der Waals surface area contributed by atoms with Gasteiger partial charge in [0.05, 0.1) is 17.5 Å². The number of hydrogen-bond acceptors (Lipinski definition) is 2. The first kappa shape index (κ1) is 17.1. The molecule has 2 heterocycles. The van der Waals surface area contributed by atoms with Gasteiger partial charge in [0, 0.05) is 36.2 Å². The van der Waals surface area contributed by atoms with E-state index in [0.29, 0.717) is 0 Å². The van der Waals surface area contributed by atoms with Crippen molar-refractivity contribution < 1.29 is 13.2 Å².